The molecular weight excluding hydrogens is 232 g/mol. The average Bonchev–Trinajstić information content (AvgIpc) is 2.36. The summed E-state index contributed by atoms with van der Waals surface area (Å²) in [7, 11) is 0. The number of nitrogens with two attached hydrogens (primary N) is 1. The first-order valence-electron chi connectivity index (χ1n) is 7.52. The van der Waals surface area contributed by atoms with Gasteiger partial charge in [-0.15, -0.1) is 0 Å². The Hall–Kier alpha value is -0.860. The lowest BCUT2D eigenvalue weighted by Gasteiger charge is -2.30. The van der Waals surface area contributed by atoms with E-state index in [2.05, 4.69) is 49.9 Å². The van der Waals surface area contributed by atoms with Gasteiger partial charge in [-0.1, -0.05) is 45.0 Å². The molecule has 0 aromatic heterocycles. The van der Waals surface area contributed by atoms with Gasteiger partial charge < -0.3 is 10.6 Å². The fraction of sp³-hybridized carbons (Fsp3) is 0.647. The predicted molar refractivity (Wildman–Crippen MR) is 82.5 cm³/mol. The van der Waals surface area contributed by atoms with Crippen LogP contribution >= 0.6 is 0 Å². The van der Waals surface area contributed by atoms with Crippen LogP contribution in [-0.4, -0.2) is 30.6 Å². The highest BCUT2D eigenvalue weighted by Gasteiger charge is 2.16. The highest BCUT2D eigenvalue weighted by atomic mass is 15.1. The Labute approximate surface area is 118 Å². The van der Waals surface area contributed by atoms with Gasteiger partial charge in [-0.05, 0) is 42.3 Å². The smallest absolute Gasteiger partial charge is 0.0168 e. The molecule has 1 aliphatic rings. The zero-order valence-electron chi connectivity index (χ0n) is 12.7. The molecule has 1 aromatic carbocycles. The van der Waals surface area contributed by atoms with Crippen LogP contribution in [0.1, 0.15) is 44.7 Å². The minimum absolute atomic E-state index is 0.248. The number of nitrogens with zero attached hydrogens (tertiary/aromatic N) is 1. The summed E-state index contributed by atoms with van der Waals surface area (Å²) in [6, 6.07) is 9.50. The van der Waals surface area contributed by atoms with Crippen molar-refractivity contribution in [3.8, 4) is 0 Å². The molecule has 0 amide bonds. The molecule has 0 bridgehead atoms. The van der Waals surface area contributed by atoms with E-state index in [1.54, 1.807) is 0 Å². The summed E-state index contributed by atoms with van der Waals surface area (Å²) < 4.78 is 0. The van der Waals surface area contributed by atoms with Crippen LogP contribution in [0.4, 0.5) is 0 Å². The fourth-order valence-electron chi connectivity index (χ4n) is 2.75. The maximum atomic E-state index is 6.02. The van der Waals surface area contributed by atoms with Gasteiger partial charge in [0.05, 0.1) is 0 Å². The molecule has 0 saturated carbocycles. The quantitative estimate of drug-likeness (QED) is 0.905. The molecule has 1 fully saturated rings. The third-order valence-electron chi connectivity index (χ3n) is 4.08. The Kier molecular flexibility index (Phi) is 4.64. The fourth-order valence-corrected chi connectivity index (χ4v) is 2.75. The first kappa shape index (κ1) is 14.5. The van der Waals surface area contributed by atoms with Crippen molar-refractivity contribution < 1.29 is 0 Å². The van der Waals surface area contributed by atoms with Gasteiger partial charge >= 0.3 is 0 Å². The van der Waals surface area contributed by atoms with Gasteiger partial charge in [-0.3, -0.25) is 0 Å². The summed E-state index contributed by atoms with van der Waals surface area (Å²) in [6.07, 6.45) is 3.58. The molecule has 2 N–H and O–H groups in total. The normalized spacial score (nSPS) is 21.6. The van der Waals surface area contributed by atoms with Gasteiger partial charge in [-0.2, -0.15) is 0 Å². The van der Waals surface area contributed by atoms with Crippen molar-refractivity contribution in [2.75, 3.05) is 19.6 Å². The standard InChI is InChI=1S/C17H28N2/c1-17(2,3)15-8-6-14(7-9-15)10-12-19-11-4-5-16(18)13-19/h6-9,16H,4-5,10-13,18H2,1-3H3. The van der Waals surface area contributed by atoms with Crippen molar-refractivity contribution in [3.05, 3.63) is 35.4 Å². The van der Waals surface area contributed by atoms with Gasteiger partial charge in [0.15, 0.2) is 0 Å². The zero-order valence-corrected chi connectivity index (χ0v) is 12.7. The molecule has 106 valence electrons. The van der Waals surface area contributed by atoms with Crippen LogP contribution < -0.4 is 5.73 Å². The van der Waals surface area contributed by atoms with E-state index in [-0.39, 0.29) is 5.41 Å². The summed E-state index contributed by atoms with van der Waals surface area (Å²) in [5.41, 5.74) is 9.12. The van der Waals surface area contributed by atoms with E-state index < -0.39 is 0 Å². The van der Waals surface area contributed by atoms with Crippen LogP contribution in [0, 0.1) is 0 Å². The molecule has 1 unspecified atom stereocenters. The molecule has 1 aromatic rings. The summed E-state index contributed by atoms with van der Waals surface area (Å²) in [5.74, 6) is 0. The molecule has 1 aliphatic heterocycles. The maximum absolute atomic E-state index is 6.02. The molecule has 1 atom stereocenters. The molecule has 2 rings (SSSR count). The largest absolute Gasteiger partial charge is 0.327 e. The van der Waals surface area contributed by atoms with Crippen molar-refractivity contribution in [1.29, 1.82) is 0 Å². The Morgan fingerprint density at radius 1 is 1.21 bits per heavy atom. The van der Waals surface area contributed by atoms with E-state index in [1.165, 1.54) is 30.5 Å². The van der Waals surface area contributed by atoms with Gasteiger partial charge in [0.2, 0.25) is 0 Å². The lowest BCUT2D eigenvalue weighted by atomic mass is 9.86. The second kappa shape index (κ2) is 6.06. The summed E-state index contributed by atoms with van der Waals surface area (Å²) in [5, 5.41) is 0. The summed E-state index contributed by atoms with van der Waals surface area (Å²) in [4.78, 5) is 2.51. The molecule has 19 heavy (non-hydrogen) atoms. The Morgan fingerprint density at radius 3 is 2.47 bits per heavy atom. The van der Waals surface area contributed by atoms with E-state index in [9.17, 15) is 0 Å². The van der Waals surface area contributed by atoms with E-state index in [0.717, 1.165) is 19.5 Å². The van der Waals surface area contributed by atoms with Gasteiger partial charge in [0.1, 0.15) is 0 Å². The molecule has 0 spiro atoms. The SMILES string of the molecule is CC(C)(C)c1ccc(CCN2CCCC(N)C2)cc1. The Bertz CT molecular complexity index is 389. The highest BCUT2D eigenvalue weighted by molar-refractivity contribution is 5.27. The number of hydrogen-bond donors (Lipinski definition) is 1. The first-order chi connectivity index (χ1) is 8.95. The average molecular weight is 260 g/mol. The molecule has 2 nitrogen and oxygen atoms in total. The first-order valence-corrected chi connectivity index (χ1v) is 7.52. The van der Waals surface area contributed by atoms with E-state index in [1.807, 2.05) is 0 Å². The zero-order chi connectivity index (χ0) is 13.9. The lowest BCUT2D eigenvalue weighted by molar-refractivity contribution is 0.211. The van der Waals surface area contributed by atoms with Crippen LogP contribution in [0.2, 0.25) is 0 Å². The van der Waals surface area contributed by atoms with Crippen molar-refractivity contribution in [2.24, 2.45) is 5.73 Å². The monoisotopic (exact) mass is 260 g/mol. The molecule has 1 saturated heterocycles. The number of rotatable bonds is 3. The second-order valence-electron chi connectivity index (χ2n) is 6.90. The van der Waals surface area contributed by atoms with Gasteiger partial charge in [-0.25, -0.2) is 0 Å². The molecule has 1 heterocycles. The maximum Gasteiger partial charge on any atom is 0.0168 e. The molecular formula is C17H28N2. The van der Waals surface area contributed by atoms with Crippen molar-refractivity contribution in [2.45, 2.75) is 51.5 Å². The van der Waals surface area contributed by atoms with Crippen molar-refractivity contribution in [1.82, 2.24) is 4.90 Å². The predicted octanol–water partition coefficient (Wildman–Crippen LogP) is 2.95. The molecule has 0 aliphatic carbocycles. The number of benzene rings is 1. The third-order valence-corrected chi connectivity index (χ3v) is 4.08. The molecule has 2 heteroatoms. The topological polar surface area (TPSA) is 29.3 Å². The van der Waals surface area contributed by atoms with E-state index in [0.29, 0.717) is 6.04 Å². The Balaban J connectivity index is 1.86. The lowest BCUT2D eigenvalue weighted by Crippen LogP contribution is -2.43. The van der Waals surface area contributed by atoms with Gasteiger partial charge in [0.25, 0.3) is 0 Å². The minimum atomic E-state index is 0.248. The highest BCUT2D eigenvalue weighted by Crippen LogP contribution is 2.22. The van der Waals surface area contributed by atoms with Gasteiger partial charge in [0, 0.05) is 19.1 Å². The van der Waals surface area contributed by atoms with Crippen LogP contribution in [0.25, 0.3) is 0 Å². The van der Waals surface area contributed by atoms with Crippen LogP contribution in [0.3, 0.4) is 0 Å². The van der Waals surface area contributed by atoms with Crippen molar-refractivity contribution >= 4 is 0 Å². The van der Waals surface area contributed by atoms with Crippen LogP contribution in [0.5, 0.6) is 0 Å². The molecule has 0 radical (unpaired) electrons. The van der Waals surface area contributed by atoms with Crippen LogP contribution in [0.15, 0.2) is 24.3 Å². The number of piperidine rings is 1. The van der Waals surface area contributed by atoms with Crippen molar-refractivity contribution in [3.63, 3.8) is 0 Å². The van der Waals surface area contributed by atoms with E-state index >= 15 is 0 Å². The summed E-state index contributed by atoms with van der Waals surface area (Å²) >= 11 is 0. The number of likely N-dealkylation sites (tertiary alicyclic amines) is 1. The summed E-state index contributed by atoms with van der Waals surface area (Å²) in [6.45, 7) is 10.2. The number of hydrogen-bond acceptors (Lipinski definition) is 2. The third kappa shape index (κ3) is 4.32. The second-order valence-corrected chi connectivity index (χ2v) is 6.90. The van der Waals surface area contributed by atoms with E-state index in [4.69, 9.17) is 5.73 Å². The minimum Gasteiger partial charge on any atom is -0.327 e. The Morgan fingerprint density at radius 2 is 1.89 bits per heavy atom. The van der Waals surface area contributed by atoms with Crippen LogP contribution in [-0.2, 0) is 11.8 Å².